The van der Waals surface area contributed by atoms with Crippen molar-refractivity contribution in [1.29, 1.82) is 0 Å². The fraction of sp³-hybridized carbons (Fsp3) is 0.562. The Morgan fingerprint density at radius 2 is 1.95 bits per heavy atom. The molecule has 0 aliphatic carbocycles. The highest BCUT2D eigenvalue weighted by Gasteiger charge is 2.13. The number of nitrogens with one attached hydrogen (secondary N) is 1. The molecular formula is C16H23N3. The molecule has 0 bridgehead atoms. The predicted octanol–water partition coefficient (Wildman–Crippen LogP) is 3.04. The summed E-state index contributed by atoms with van der Waals surface area (Å²) < 4.78 is 2.32. The first-order valence-corrected chi connectivity index (χ1v) is 7.37. The lowest BCUT2D eigenvalue weighted by molar-refractivity contribution is 0.339. The molecule has 0 spiro atoms. The van der Waals surface area contributed by atoms with Gasteiger partial charge in [-0.25, -0.2) is 4.98 Å². The summed E-state index contributed by atoms with van der Waals surface area (Å²) >= 11 is 0. The van der Waals surface area contributed by atoms with E-state index in [1.165, 1.54) is 49.0 Å². The van der Waals surface area contributed by atoms with Gasteiger partial charge in [-0.2, -0.15) is 0 Å². The summed E-state index contributed by atoms with van der Waals surface area (Å²) in [5.41, 5.74) is 5.11. The topological polar surface area (TPSA) is 29.9 Å². The molecule has 0 unspecified atom stereocenters. The van der Waals surface area contributed by atoms with Crippen molar-refractivity contribution in [3.05, 3.63) is 29.6 Å². The van der Waals surface area contributed by atoms with E-state index in [1.54, 1.807) is 0 Å². The van der Waals surface area contributed by atoms with E-state index in [9.17, 15) is 0 Å². The van der Waals surface area contributed by atoms with Crippen molar-refractivity contribution in [1.82, 2.24) is 14.9 Å². The van der Waals surface area contributed by atoms with E-state index in [0.717, 1.165) is 18.0 Å². The molecule has 1 fully saturated rings. The van der Waals surface area contributed by atoms with E-state index in [0.29, 0.717) is 0 Å². The van der Waals surface area contributed by atoms with E-state index < -0.39 is 0 Å². The van der Waals surface area contributed by atoms with Crippen LogP contribution in [0, 0.1) is 19.8 Å². The largest absolute Gasteiger partial charge is 0.331 e. The van der Waals surface area contributed by atoms with Gasteiger partial charge in [-0.15, -0.1) is 0 Å². The smallest absolute Gasteiger partial charge is 0.0958 e. The van der Waals surface area contributed by atoms with E-state index in [2.05, 4.69) is 40.8 Å². The maximum atomic E-state index is 4.53. The number of nitrogens with zero attached hydrogens (tertiary/aromatic N) is 2. The Morgan fingerprint density at radius 1 is 1.21 bits per heavy atom. The number of rotatable bonds is 3. The SMILES string of the molecule is Cc1cc2ncn(CCC3CCNCC3)c2cc1C. The molecular weight excluding hydrogens is 234 g/mol. The molecule has 3 heteroatoms. The molecule has 3 rings (SSSR count). The molecule has 1 N–H and O–H groups in total. The van der Waals surface area contributed by atoms with E-state index in [4.69, 9.17) is 0 Å². The summed E-state index contributed by atoms with van der Waals surface area (Å²) in [6.45, 7) is 7.81. The lowest BCUT2D eigenvalue weighted by atomic mass is 9.95. The molecule has 1 saturated heterocycles. The molecule has 3 nitrogen and oxygen atoms in total. The normalized spacial score (nSPS) is 17.2. The lowest BCUT2D eigenvalue weighted by Gasteiger charge is -2.22. The second-order valence-corrected chi connectivity index (χ2v) is 5.85. The minimum atomic E-state index is 0.880. The van der Waals surface area contributed by atoms with Crippen molar-refractivity contribution < 1.29 is 0 Å². The van der Waals surface area contributed by atoms with Gasteiger partial charge in [0.15, 0.2) is 0 Å². The van der Waals surface area contributed by atoms with Gasteiger partial charge in [0.1, 0.15) is 0 Å². The third kappa shape index (κ3) is 2.66. The Bertz CT molecular complexity index is 565. The monoisotopic (exact) mass is 257 g/mol. The number of hydrogen-bond acceptors (Lipinski definition) is 2. The van der Waals surface area contributed by atoms with Crippen molar-refractivity contribution >= 4 is 11.0 Å². The highest BCUT2D eigenvalue weighted by molar-refractivity contribution is 5.77. The quantitative estimate of drug-likeness (QED) is 0.916. The van der Waals surface area contributed by atoms with Crippen LogP contribution in [0.25, 0.3) is 11.0 Å². The van der Waals surface area contributed by atoms with Crippen LogP contribution >= 0.6 is 0 Å². The van der Waals surface area contributed by atoms with Crippen molar-refractivity contribution in [2.45, 2.75) is 39.7 Å². The van der Waals surface area contributed by atoms with Crippen molar-refractivity contribution in [2.75, 3.05) is 13.1 Å². The van der Waals surface area contributed by atoms with Crippen LogP contribution in [-0.2, 0) is 6.54 Å². The average Bonchev–Trinajstić information content (AvgIpc) is 2.80. The fourth-order valence-corrected chi connectivity index (χ4v) is 2.98. The lowest BCUT2D eigenvalue weighted by Crippen LogP contribution is -2.28. The average molecular weight is 257 g/mol. The maximum absolute atomic E-state index is 4.53. The molecule has 0 saturated carbocycles. The Morgan fingerprint density at radius 3 is 2.74 bits per heavy atom. The highest BCUT2D eigenvalue weighted by Crippen LogP contribution is 2.21. The van der Waals surface area contributed by atoms with Crippen LogP contribution < -0.4 is 5.32 Å². The minimum Gasteiger partial charge on any atom is -0.331 e. The second-order valence-electron chi connectivity index (χ2n) is 5.85. The first kappa shape index (κ1) is 12.7. The molecule has 1 aliphatic rings. The van der Waals surface area contributed by atoms with E-state index >= 15 is 0 Å². The van der Waals surface area contributed by atoms with Gasteiger partial charge in [0, 0.05) is 6.54 Å². The molecule has 2 aromatic rings. The Balaban J connectivity index is 1.75. The standard InChI is InChI=1S/C16H23N3/c1-12-9-15-16(10-13(12)2)19(11-18-15)8-5-14-3-6-17-7-4-14/h9-11,14,17H,3-8H2,1-2H3. The van der Waals surface area contributed by atoms with Crippen LogP contribution in [0.4, 0.5) is 0 Å². The first-order valence-electron chi connectivity index (χ1n) is 7.37. The zero-order chi connectivity index (χ0) is 13.2. The summed E-state index contributed by atoms with van der Waals surface area (Å²) in [4.78, 5) is 4.53. The van der Waals surface area contributed by atoms with Crippen LogP contribution in [0.5, 0.6) is 0 Å². The van der Waals surface area contributed by atoms with Crippen LogP contribution in [-0.4, -0.2) is 22.6 Å². The number of hydrogen-bond donors (Lipinski definition) is 1. The van der Waals surface area contributed by atoms with Gasteiger partial charge in [0.25, 0.3) is 0 Å². The molecule has 1 aromatic heterocycles. The number of aryl methyl sites for hydroxylation is 3. The Hall–Kier alpha value is -1.35. The zero-order valence-electron chi connectivity index (χ0n) is 11.9. The summed E-state index contributed by atoms with van der Waals surface area (Å²) in [6.07, 6.45) is 5.93. The van der Waals surface area contributed by atoms with Gasteiger partial charge < -0.3 is 9.88 Å². The Kier molecular flexibility index (Phi) is 3.56. The molecule has 2 heterocycles. The molecule has 0 amide bonds. The van der Waals surface area contributed by atoms with Gasteiger partial charge >= 0.3 is 0 Å². The third-order valence-corrected chi connectivity index (χ3v) is 4.47. The maximum Gasteiger partial charge on any atom is 0.0958 e. The minimum absolute atomic E-state index is 0.880. The zero-order valence-corrected chi connectivity index (χ0v) is 11.9. The summed E-state index contributed by atoms with van der Waals surface area (Å²) in [7, 11) is 0. The van der Waals surface area contributed by atoms with Crippen molar-refractivity contribution in [3.63, 3.8) is 0 Å². The first-order chi connectivity index (χ1) is 9.24. The molecule has 19 heavy (non-hydrogen) atoms. The van der Waals surface area contributed by atoms with Crippen LogP contribution in [0.15, 0.2) is 18.5 Å². The van der Waals surface area contributed by atoms with Crippen molar-refractivity contribution in [3.8, 4) is 0 Å². The van der Waals surface area contributed by atoms with E-state index in [-0.39, 0.29) is 0 Å². The molecule has 1 aromatic carbocycles. The van der Waals surface area contributed by atoms with Gasteiger partial charge in [-0.3, -0.25) is 0 Å². The molecule has 0 radical (unpaired) electrons. The second kappa shape index (κ2) is 5.33. The summed E-state index contributed by atoms with van der Waals surface area (Å²) in [5, 5.41) is 3.43. The van der Waals surface area contributed by atoms with Gasteiger partial charge in [-0.05, 0) is 75.4 Å². The van der Waals surface area contributed by atoms with Crippen LogP contribution in [0.2, 0.25) is 0 Å². The predicted molar refractivity (Wildman–Crippen MR) is 79.4 cm³/mol. The highest BCUT2D eigenvalue weighted by atomic mass is 15.0. The van der Waals surface area contributed by atoms with E-state index in [1.807, 2.05) is 6.33 Å². The van der Waals surface area contributed by atoms with Gasteiger partial charge in [0.2, 0.25) is 0 Å². The number of fused-ring (bicyclic) bond motifs is 1. The molecule has 0 atom stereocenters. The summed E-state index contributed by atoms with van der Waals surface area (Å²) in [6, 6.07) is 4.48. The number of imidazole rings is 1. The van der Waals surface area contributed by atoms with Gasteiger partial charge in [0.05, 0.1) is 17.4 Å². The summed E-state index contributed by atoms with van der Waals surface area (Å²) in [5.74, 6) is 0.880. The number of benzene rings is 1. The van der Waals surface area contributed by atoms with Crippen LogP contribution in [0.3, 0.4) is 0 Å². The van der Waals surface area contributed by atoms with Crippen molar-refractivity contribution in [2.24, 2.45) is 5.92 Å². The van der Waals surface area contributed by atoms with Gasteiger partial charge in [-0.1, -0.05) is 0 Å². The molecule has 1 aliphatic heterocycles. The van der Waals surface area contributed by atoms with Crippen LogP contribution in [0.1, 0.15) is 30.4 Å². The number of piperidine rings is 1. The third-order valence-electron chi connectivity index (χ3n) is 4.47. The number of aromatic nitrogens is 2. The fourth-order valence-electron chi connectivity index (χ4n) is 2.98. The Labute approximate surface area is 115 Å². The molecule has 102 valence electrons.